The van der Waals surface area contributed by atoms with E-state index in [1.165, 1.54) is 10.6 Å². The summed E-state index contributed by atoms with van der Waals surface area (Å²) in [6.45, 7) is 0. The van der Waals surface area contributed by atoms with Crippen molar-refractivity contribution < 1.29 is 27.6 Å². The van der Waals surface area contributed by atoms with Gasteiger partial charge in [0, 0.05) is 11.5 Å². The van der Waals surface area contributed by atoms with Crippen molar-refractivity contribution in [2.24, 2.45) is 0 Å². The van der Waals surface area contributed by atoms with Gasteiger partial charge >= 0.3 is 16.1 Å². The van der Waals surface area contributed by atoms with Gasteiger partial charge in [-0.15, -0.1) is 0 Å². The first-order chi connectivity index (χ1) is 11.4. The van der Waals surface area contributed by atoms with Gasteiger partial charge in [0.2, 0.25) is 0 Å². The molecular weight excluding hydrogens is 334 g/mol. The van der Waals surface area contributed by atoms with Crippen LogP contribution in [0.25, 0.3) is 16.4 Å². The molecule has 0 amide bonds. The lowest BCUT2D eigenvalue weighted by Crippen LogP contribution is -2.14. The molecule has 1 aliphatic carbocycles. The van der Waals surface area contributed by atoms with Crippen molar-refractivity contribution in [3.63, 3.8) is 0 Å². The lowest BCUT2D eigenvalue weighted by atomic mass is 10.1. The molecule has 2 aromatic heterocycles. The lowest BCUT2D eigenvalue weighted by Gasteiger charge is -2.08. The van der Waals surface area contributed by atoms with Crippen molar-refractivity contribution in [3.8, 4) is 11.5 Å². The molecule has 1 aliphatic rings. The number of pyridine rings is 1. The van der Waals surface area contributed by atoms with Gasteiger partial charge in [-0.05, 0) is 18.9 Å². The molecule has 124 valence electrons. The Kier molecular flexibility index (Phi) is 3.01. The number of fused-ring (bicyclic) bond motifs is 3. The minimum absolute atomic E-state index is 0.0419. The maximum atomic E-state index is 12.0. The molecule has 0 unspecified atom stereocenters. The standard InChI is InChI=1S/C16H13NO6S/c18-13-7-9(23-24(21,22)10-5-6-10)8-17-12-4-2-1-3-11(12)14(15(13)17)16(19)20/h1-4,7-8,10,18H,5-6H2,(H,19,20). The fraction of sp³-hybridized carbons (Fsp3) is 0.188. The van der Waals surface area contributed by atoms with E-state index in [9.17, 15) is 23.4 Å². The van der Waals surface area contributed by atoms with Gasteiger partial charge in [-0.3, -0.25) is 0 Å². The minimum Gasteiger partial charge on any atom is -0.506 e. The monoisotopic (exact) mass is 347 g/mol. The van der Waals surface area contributed by atoms with Gasteiger partial charge in [-0.25, -0.2) is 4.79 Å². The Labute approximate surface area is 136 Å². The van der Waals surface area contributed by atoms with Crippen LogP contribution in [0.15, 0.2) is 36.5 Å². The summed E-state index contributed by atoms with van der Waals surface area (Å²) in [5, 5.41) is 19.7. The van der Waals surface area contributed by atoms with E-state index in [4.69, 9.17) is 4.18 Å². The van der Waals surface area contributed by atoms with Crippen LogP contribution in [0.2, 0.25) is 0 Å². The molecule has 3 aromatic rings. The zero-order valence-corrected chi connectivity index (χ0v) is 13.2. The molecule has 4 rings (SSSR count). The molecule has 0 saturated heterocycles. The average Bonchev–Trinajstić information content (AvgIpc) is 3.30. The number of aromatic carboxylic acids is 1. The minimum atomic E-state index is -3.73. The molecule has 1 saturated carbocycles. The van der Waals surface area contributed by atoms with Crippen LogP contribution in [0.5, 0.6) is 11.5 Å². The fourth-order valence-corrected chi connectivity index (χ4v) is 4.05. The highest BCUT2D eigenvalue weighted by molar-refractivity contribution is 7.88. The first-order valence-electron chi connectivity index (χ1n) is 7.31. The normalized spacial score (nSPS) is 15.0. The predicted octanol–water partition coefficient (Wildman–Crippen LogP) is 2.37. The molecule has 2 N–H and O–H groups in total. The van der Waals surface area contributed by atoms with Crippen LogP contribution in [-0.2, 0) is 10.1 Å². The number of para-hydroxylation sites is 1. The van der Waals surface area contributed by atoms with Gasteiger partial charge in [0.1, 0.15) is 11.3 Å². The number of benzene rings is 1. The van der Waals surface area contributed by atoms with Gasteiger partial charge in [0.05, 0.1) is 22.5 Å². The second kappa shape index (κ2) is 4.88. The van der Waals surface area contributed by atoms with E-state index in [2.05, 4.69) is 0 Å². The lowest BCUT2D eigenvalue weighted by molar-refractivity contribution is 0.0700. The first-order valence-corrected chi connectivity index (χ1v) is 8.78. The van der Waals surface area contributed by atoms with E-state index in [0.29, 0.717) is 23.7 Å². The summed E-state index contributed by atoms with van der Waals surface area (Å²) in [6.07, 6.45) is 2.50. The summed E-state index contributed by atoms with van der Waals surface area (Å²) < 4.78 is 30.5. The van der Waals surface area contributed by atoms with Crippen molar-refractivity contribution in [3.05, 3.63) is 42.1 Å². The van der Waals surface area contributed by atoms with E-state index >= 15 is 0 Å². The molecule has 2 heterocycles. The molecule has 0 aliphatic heterocycles. The van der Waals surface area contributed by atoms with Crippen LogP contribution in [-0.4, -0.2) is 34.3 Å². The number of rotatable bonds is 4. The zero-order chi connectivity index (χ0) is 17.1. The maximum Gasteiger partial charge on any atom is 0.338 e. The SMILES string of the molecule is O=C(O)c1c2ccccc2n2cc(OS(=O)(=O)C3CC3)cc(O)c12. The molecular formula is C16H13NO6S. The number of carboxylic acid groups (broad SMARTS) is 1. The Morgan fingerprint density at radius 3 is 2.62 bits per heavy atom. The molecule has 7 nitrogen and oxygen atoms in total. The molecule has 0 radical (unpaired) electrons. The Morgan fingerprint density at radius 2 is 1.96 bits per heavy atom. The molecule has 0 spiro atoms. The van der Waals surface area contributed by atoms with E-state index < -0.39 is 21.3 Å². The molecule has 0 bridgehead atoms. The zero-order valence-electron chi connectivity index (χ0n) is 12.3. The van der Waals surface area contributed by atoms with Gasteiger partial charge in [0.25, 0.3) is 0 Å². The van der Waals surface area contributed by atoms with Crippen LogP contribution in [0.4, 0.5) is 0 Å². The van der Waals surface area contributed by atoms with E-state index in [-0.39, 0.29) is 22.6 Å². The van der Waals surface area contributed by atoms with Gasteiger partial charge < -0.3 is 18.8 Å². The van der Waals surface area contributed by atoms with Crippen molar-refractivity contribution in [1.29, 1.82) is 0 Å². The van der Waals surface area contributed by atoms with Crippen LogP contribution >= 0.6 is 0 Å². The summed E-state index contributed by atoms with van der Waals surface area (Å²) in [6, 6.07) is 7.87. The van der Waals surface area contributed by atoms with Crippen molar-refractivity contribution >= 4 is 32.5 Å². The van der Waals surface area contributed by atoms with Crippen molar-refractivity contribution in [1.82, 2.24) is 4.40 Å². The average molecular weight is 347 g/mol. The summed E-state index contributed by atoms with van der Waals surface area (Å²) in [5.74, 6) is -1.58. The van der Waals surface area contributed by atoms with Gasteiger partial charge in [-0.2, -0.15) is 8.42 Å². The van der Waals surface area contributed by atoms with Crippen molar-refractivity contribution in [2.45, 2.75) is 18.1 Å². The van der Waals surface area contributed by atoms with E-state index in [0.717, 1.165) is 6.07 Å². The topological polar surface area (TPSA) is 105 Å². The third kappa shape index (κ3) is 2.18. The maximum absolute atomic E-state index is 12.0. The number of carbonyl (C=O) groups is 1. The Morgan fingerprint density at radius 1 is 1.25 bits per heavy atom. The van der Waals surface area contributed by atoms with Crippen LogP contribution < -0.4 is 4.18 Å². The van der Waals surface area contributed by atoms with Crippen LogP contribution in [0, 0.1) is 0 Å². The van der Waals surface area contributed by atoms with Crippen molar-refractivity contribution in [2.75, 3.05) is 0 Å². The van der Waals surface area contributed by atoms with E-state index in [1.807, 2.05) is 0 Å². The molecule has 1 aromatic carbocycles. The molecule has 0 atom stereocenters. The summed E-state index contributed by atoms with van der Waals surface area (Å²) in [4.78, 5) is 11.6. The number of carboxylic acids is 1. The first kappa shape index (κ1) is 14.8. The molecule has 24 heavy (non-hydrogen) atoms. The highest BCUT2D eigenvalue weighted by Crippen LogP contribution is 2.37. The van der Waals surface area contributed by atoms with Gasteiger partial charge in [-0.1, -0.05) is 18.2 Å². The smallest absolute Gasteiger partial charge is 0.338 e. The van der Waals surface area contributed by atoms with E-state index in [1.54, 1.807) is 24.3 Å². The largest absolute Gasteiger partial charge is 0.506 e. The highest BCUT2D eigenvalue weighted by Gasteiger charge is 2.38. The quantitative estimate of drug-likeness (QED) is 0.702. The fourth-order valence-electron chi connectivity index (χ4n) is 2.84. The number of nitrogens with zero attached hydrogens (tertiary/aromatic N) is 1. The number of hydrogen-bond donors (Lipinski definition) is 2. The Bertz CT molecular complexity index is 1090. The molecule has 8 heteroatoms. The third-order valence-electron chi connectivity index (χ3n) is 4.05. The number of aromatic nitrogens is 1. The second-order valence-electron chi connectivity index (χ2n) is 5.75. The summed E-state index contributed by atoms with van der Waals surface area (Å²) >= 11 is 0. The van der Waals surface area contributed by atoms with Gasteiger partial charge in [0.15, 0.2) is 5.75 Å². The van der Waals surface area contributed by atoms with Crippen LogP contribution in [0.1, 0.15) is 23.2 Å². The Balaban J connectivity index is 1.98. The Hall–Kier alpha value is -2.74. The second-order valence-corrected chi connectivity index (χ2v) is 7.57. The summed E-state index contributed by atoms with van der Waals surface area (Å²) in [7, 11) is -3.73. The predicted molar refractivity (Wildman–Crippen MR) is 86.1 cm³/mol. The number of hydrogen-bond acceptors (Lipinski definition) is 5. The number of aromatic hydroxyl groups is 1. The third-order valence-corrected chi connectivity index (χ3v) is 5.76. The highest BCUT2D eigenvalue weighted by atomic mass is 32.2. The van der Waals surface area contributed by atoms with Crippen LogP contribution in [0.3, 0.4) is 0 Å². The summed E-state index contributed by atoms with van der Waals surface area (Å²) in [5.41, 5.74) is 0.592. The molecule has 1 fully saturated rings.